The van der Waals surface area contributed by atoms with Crippen LogP contribution in [0.4, 0.5) is 0 Å². The van der Waals surface area contributed by atoms with E-state index in [0.29, 0.717) is 19.3 Å². The highest BCUT2D eigenvalue weighted by molar-refractivity contribution is 5.83. The minimum absolute atomic E-state index is 0.0930. The molecule has 0 radical (unpaired) electrons. The average molecular weight is 352 g/mol. The minimum Gasteiger partial charge on any atom is -0.350 e. The Morgan fingerprint density at radius 2 is 1.92 bits per heavy atom. The van der Waals surface area contributed by atoms with Crippen LogP contribution in [-0.4, -0.2) is 35.3 Å². The largest absolute Gasteiger partial charge is 0.350 e. The molecule has 1 saturated heterocycles. The zero-order chi connectivity index (χ0) is 18.7. The summed E-state index contributed by atoms with van der Waals surface area (Å²) >= 11 is 0. The second kappa shape index (κ2) is 7.48. The lowest BCUT2D eigenvalue weighted by Crippen LogP contribution is -2.45. The van der Waals surface area contributed by atoms with Crippen molar-refractivity contribution in [3.05, 3.63) is 48.0 Å². The van der Waals surface area contributed by atoms with Gasteiger partial charge in [0.15, 0.2) is 0 Å². The van der Waals surface area contributed by atoms with E-state index in [9.17, 15) is 9.59 Å². The van der Waals surface area contributed by atoms with Crippen LogP contribution in [0.5, 0.6) is 0 Å². The van der Waals surface area contributed by atoms with E-state index in [1.54, 1.807) is 4.90 Å². The van der Waals surface area contributed by atoms with Crippen molar-refractivity contribution in [2.24, 2.45) is 0 Å². The molecule has 3 rings (SSSR count). The molecule has 1 aliphatic heterocycles. The summed E-state index contributed by atoms with van der Waals surface area (Å²) in [6, 6.07) is 15.0. The number of hydrogen-bond acceptors (Lipinski definition) is 2. The van der Waals surface area contributed by atoms with Crippen molar-refractivity contribution < 1.29 is 9.59 Å². The molecular formula is C22H28N2O2. The molecule has 2 aromatic carbocycles. The van der Waals surface area contributed by atoms with E-state index in [0.717, 1.165) is 12.8 Å². The fourth-order valence-electron chi connectivity index (χ4n) is 3.73. The summed E-state index contributed by atoms with van der Waals surface area (Å²) in [4.78, 5) is 26.1. The average Bonchev–Trinajstić information content (AvgIpc) is 2.99. The van der Waals surface area contributed by atoms with Crippen LogP contribution in [0, 0.1) is 0 Å². The van der Waals surface area contributed by atoms with Crippen molar-refractivity contribution in [3.63, 3.8) is 0 Å². The van der Waals surface area contributed by atoms with Gasteiger partial charge in [-0.05, 0) is 49.4 Å². The van der Waals surface area contributed by atoms with Gasteiger partial charge in [-0.25, -0.2) is 0 Å². The zero-order valence-electron chi connectivity index (χ0n) is 15.9. The van der Waals surface area contributed by atoms with Crippen molar-refractivity contribution in [3.8, 4) is 0 Å². The van der Waals surface area contributed by atoms with Crippen LogP contribution in [0.25, 0.3) is 10.8 Å². The first kappa shape index (κ1) is 18.4. The molecule has 2 amide bonds. The van der Waals surface area contributed by atoms with Gasteiger partial charge < -0.3 is 10.2 Å². The van der Waals surface area contributed by atoms with Gasteiger partial charge in [0.05, 0.1) is 0 Å². The Balaban J connectivity index is 1.76. The van der Waals surface area contributed by atoms with Crippen LogP contribution in [-0.2, 0) is 16.0 Å². The molecule has 4 heteroatoms. The van der Waals surface area contributed by atoms with Crippen molar-refractivity contribution in [1.29, 1.82) is 0 Å². The lowest BCUT2D eigenvalue weighted by atomic mass is 9.84. The smallest absolute Gasteiger partial charge is 0.222 e. The fraction of sp³-hybridized carbons (Fsp3) is 0.455. The van der Waals surface area contributed by atoms with Crippen LogP contribution < -0.4 is 5.32 Å². The Morgan fingerprint density at radius 1 is 1.19 bits per heavy atom. The number of carbonyl (C=O) groups excluding carboxylic acids is 2. The molecule has 0 saturated carbocycles. The third kappa shape index (κ3) is 4.06. The first-order chi connectivity index (χ1) is 12.4. The predicted octanol–water partition coefficient (Wildman–Crippen LogP) is 3.68. The summed E-state index contributed by atoms with van der Waals surface area (Å²) in [5.74, 6) is 0.231. The summed E-state index contributed by atoms with van der Waals surface area (Å²) in [7, 11) is 1.84. The highest BCUT2D eigenvalue weighted by Gasteiger charge is 2.38. The Morgan fingerprint density at radius 3 is 2.58 bits per heavy atom. The maximum Gasteiger partial charge on any atom is 0.222 e. The Hall–Kier alpha value is -2.36. The standard InChI is InChI=1S/C22H28N2O2/c1-16(2)24(3)21(26)11-13-22(12-10-20(25)23-22)15-17-8-9-18-6-4-5-7-19(18)14-17/h4-9,14,16H,10-13,15H2,1-3H3,(H,23,25). The minimum atomic E-state index is -0.312. The molecule has 1 fully saturated rings. The van der Waals surface area contributed by atoms with Gasteiger partial charge in [-0.15, -0.1) is 0 Å². The number of rotatable bonds is 6. The molecular weight excluding hydrogens is 324 g/mol. The number of hydrogen-bond donors (Lipinski definition) is 1. The van der Waals surface area contributed by atoms with Gasteiger partial charge >= 0.3 is 0 Å². The topological polar surface area (TPSA) is 49.4 Å². The van der Waals surface area contributed by atoms with Crippen molar-refractivity contribution >= 4 is 22.6 Å². The summed E-state index contributed by atoms with van der Waals surface area (Å²) in [5, 5.41) is 5.60. The molecule has 1 aliphatic rings. The second-order valence-corrected chi connectivity index (χ2v) is 7.79. The molecule has 4 nitrogen and oxygen atoms in total. The van der Waals surface area contributed by atoms with Gasteiger partial charge in [-0.3, -0.25) is 9.59 Å². The van der Waals surface area contributed by atoms with Gasteiger partial charge in [0.25, 0.3) is 0 Å². The van der Waals surface area contributed by atoms with E-state index >= 15 is 0 Å². The van der Waals surface area contributed by atoms with Crippen molar-refractivity contribution in [2.45, 2.75) is 57.5 Å². The van der Waals surface area contributed by atoms with Gasteiger partial charge in [-0.1, -0.05) is 42.5 Å². The number of nitrogens with one attached hydrogen (secondary N) is 1. The van der Waals surface area contributed by atoms with Crippen LogP contribution in [0.3, 0.4) is 0 Å². The number of carbonyl (C=O) groups is 2. The van der Waals surface area contributed by atoms with E-state index in [-0.39, 0.29) is 23.4 Å². The Bertz CT molecular complexity index is 815. The first-order valence-electron chi connectivity index (χ1n) is 9.43. The summed E-state index contributed by atoms with van der Waals surface area (Å²) in [5.41, 5.74) is 0.892. The van der Waals surface area contributed by atoms with Crippen LogP contribution in [0.2, 0.25) is 0 Å². The SMILES string of the molecule is CC(C)N(C)C(=O)CCC1(Cc2ccc3ccccc3c2)CCC(=O)N1. The number of fused-ring (bicyclic) bond motifs is 1. The summed E-state index contributed by atoms with van der Waals surface area (Å²) in [6.07, 6.45) is 3.24. The van der Waals surface area contributed by atoms with E-state index in [1.165, 1.54) is 16.3 Å². The van der Waals surface area contributed by atoms with E-state index < -0.39 is 0 Å². The normalized spacial score (nSPS) is 19.8. The maximum absolute atomic E-state index is 12.4. The van der Waals surface area contributed by atoms with Gasteiger partial charge in [0.1, 0.15) is 0 Å². The highest BCUT2D eigenvalue weighted by atomic mass is 16.2. The third-order valence-corrected chi connectivity index (χ3v) is 5.58. The molecule has 26 heavy (non-hydrogen) atoms. The van der Waals surface area contributed by atoms with Gasteiger partial charge in [0, 0.05) is 31.5 Å². The van der Waals surface area contributed by atoms with Crippen LogP contribution >= 0.6 is 0 Å². The number of nitrogens with zero attached hydrogens (tertiary/aromatic N) is 1. The van der Waals surface area contributed by atoms with Crippen LogP contribution in [0.1, 0.15) is 45.1 Å². The van der Waals surface area contributed by atoms with Crippen molar-refractivity contribution in [2.75, 3.05) is 7.05 Å². The molecule has 0 bridgehead atoms. The van der Waals surface area contributed by atoms with E-state index in [2.05, 4.69) is 35.6 Å². The second-order valence-electron chi connectivity index (χ2n) is 7.79. The summed E-state index contributed by atoms with van der Waals surface area (Å²) in [6.45, 7) is 4.03. The maximum atomic E-state index is 12.4. The zero-order valence-corrected chi connectivity index (χ0v) is 15.9. The predicted molar refractivity (Wildman–Crippen MR) is 105 cm³/mol. The van der Waals surface area contributed by atoms with Crippen molar-refractivity contribution in [1.82, 2.24) is 10.2 Å². The first-order valence-corrected chi connectivity index (χ1v) is 9.43. The Kier molecular flexibility index (Phi) is 5.30. The van der Waals surface area contributed by atoms with Gasteiger partial charge in [0.2, 0.25) is 11.8 Å². The number of amides is 2. The molecule has 1 heterocycles. The lowest BCUT2D eigenvalue weighted by molar-refractivity contribution is -0.132. The molecule has 0 aliphatic carbocycles. The van der Waals surface area contributed by atoms with E-state index in [4.69, 9.17) is 0 Å². The molecule has 1 N–H and O–H groups in total. The Labute approximate surface area is 155 Å². The molecule has 2 aromatic rings. The molecule has 138 valence electrons. The van der Waals surface area contributed by atoms with Crippen LogP contribution in [0.15, 0.2) is 42.5 Å². The van der Waals surface area contributed by atoms with E-state index in [1.807, 2.05) is 33.0 Å². The quantitative estimate of drug-likeness (QED) is 0.862. The number of benzene rings is 2. The lowest BCUT2D eigenvalue weighted by Gasteiger charge is -2.31. The monoisotopic (exact) mass is 352 g/mol. The van der Waals surface area contributed by atoms with Gasteiger partial charge in [-0.2, -0.15) is 0 Å². The highest BCUT2D eigenvalue weighted by Crippen LogP contribution is 2.31. The fourth-order valence-corrected chi connectivity index (χ4v) is 3.73. The molecule has 0 spiro atoms. The molecule has 1 unspecified atom stereocenters. The summed E-state index contributed by atoms with van der Waals surface area (Å²) < 4.78 is 0. The third-order valence-electron chi connectivity index (χ3n) is 5.58. The molecule has 1 atom stereocenters. The molecule has 0 aromatic heterocycles.